The molecule has 0 saturated heterocycles. The lowest BCUT2D eigenvalue weighted by molar-refractivity contribution is 0.467. The summed E-state index contributed by atoms with van der Waals surface area (Å²) in [6, 6.07) is 0. The van der Waals surface area contributed by atoms with Crippen LogP contribution in [0.5, 0.6) is 0 Å². The SMILES string of the molecule is Fc1csc(F)c1F. The topological polar surface area (TPSA) is 0 Å². The predicted molar refractivity (Wildman–Crippen MR) is 24.2 cm³/mol. The number of hydrogen-bond donors (Lipinski definition) is 0. The average molecular weight is 138 g/mol. The quantitative estimate of drug-likeness (QED) is 0.515. The fourth-order valence-electron chi connectivity index (χ4n) is 0.301. The van der Waals surface area contributed by atoms with Gasteiger partial charge in [0.05, 0.1) is 0 Å². The lowest BCUT2D eigenvalue weighted by Crippen LogP contribution is -1.74. The van der Waals surface area contributed by atoms with Crippen LogP contribution < -0.4 is 0 Å². The summed E-state index contributed by atoms with van der Waals surface area (Å²) in [6.45, 7) is 0. The second kappa shape index (κ2) is 1.78. The molecule has 0 N–H and O–H groups in total. The first-order valence-corrected chi connectivity index (χ1v) is 2.68. The van der Waals surface area contributed by atoms with Gasteiger partial charge in [-0.3, -0.25) is 0 Å². The van der Waals surface area contributed by atoms with E-state index in [0.717, 1.165) is 5.38 Å². The smallest absolute Gasteiger partial charge is 0.203 e. The highest BCUT2D eigenvalue weighted by molar-refractivity contribution is 7.08. The summed E-state index contributed by atoms with van der Waals surface area (Å²) in [6.07, 6.45) is 0. The van der Waals surface area contributed by atoms with E-state index in [9.17, 15) is 13.2 Å². The molecule has 1 heterocycles. The molecule has 0 bridgehead atoms. The van der Waals surface area contributed by atoms with Gasteiger partial charge in [0.2, 0.25) is 10.9 Å². The van der Waals surface area contributed by atoms with Crippen LogP contribution in [0.4, 0.5) is 13.2 Å². The van der Waals surface area contributed by atoms with Crippen LogP contribution in [0.15, 0.2) is 5.38 Å². The Balaban J connectivity index is 3.19. The monoisotopic (exact) mass is 138 g/mol. The van der Waals surface area contributed by atoms with Crippen LogP contribution in [-0.4, -0.2) is 0 Å². The van der Waals surface area contributed by atoms with Gasteiger partial charge in [-0.25, -0.2) is 4.39 Å². The Labute approximate surface area is 47.6 Å². The zero-order valence-electron chi connectivity index (χ0n) is 3.62. The van der Waals surface area contributed by atoms with Crippen molar-refractivity contribution >= 4 is 11.3 Å². The Hall–Kier alpha value is -0.510. The second-order valence-electron chi connectivity index (χ2n) is 1.17. The highest BCUT2D eigenvalue weighted by atomic mass is 32.1. The van der Waals surface area contributed by atoms with Gasteiger partial charge in [0.1, 0.15) is 0 Å². The van der Waals surface area contributed by atoms with Crippen molar-refractivity contribution in [2.75, 3.05) is 0 Å². The normalized spacial score (nSPS) is 9.88. The molecule has 8 heavy (non-hydrogen) atoms. The Morgan fingerprint density at radius 3 is 2.00 bits per heavy atom. The van der Waals surface area contributed by atoms with Crippen LogP contribution in [-0.2, 0) is 0 Å². The number of hydrogen-bond acceptors (Lipinski definition) is 1. The van der Waals surface area contributed by atoms with Crippen LogP contribution in [0.2, 0.25) is 0 Å². The van der Waals surface area contributed by atoms with Crippen molar-refractivity contribution in [2.45, 2.75) is 0 Å². The summed E-state index contributed by atoms with van der Waals surface area (Å²) in [5.74, 6) is -2.50. The minimum absolute atomic E-state index is 0.414. The van der Waals surface area contributed by atoms with Crippen molar-refractivity contribution in [3.05, 3.63) is 22.1 Å². The number of rotatable bonds is 0. The first-order valence-electron chi connectivity index (χ1n) is 1.80. The van der Waals surface area contributed by atoms with Gasteiger partial charge in [0.25, 0.3) is 0 Å². The highest BCUT2D eigenvalue weighted by Crippen LogP contribution is 2.16. The lowest BCUT2D eigenvalue weighted by Gasteiger charge is -1.74. The van der Waals surface area contributed by atoms with Crippen molar-refractivity contribution in [1.29, 1.82) is 0 Å². The molecule has 4 heteroatoms. The fraction of sp³-hybridized carbons (Fsp3) is 0. The molecular formula is C4HF3S. The van der Waals surface area contributed by atoms with Crippen LogP contribution in [0.1, 0.15) is 0 Å². The van der Waals surface area contributed by atoms with Crippen LogP contribution in [0, 0.1) is 16.8 Å². The maximum Gasteiger partial charge on any atom is 0.215 e. The van der Waals surface area contributed by atoms with Gasteiger partial charge in [-0.15, -0.1) is 11.3 Å². The second-order valence-corrected chi connectivity index (χ2v) is 2.00. The number of thiophene rings is 1. The molecule has 0 spiro atoms. The summed E-state index contributed by atoms with van der Waals surface area (Å²) in [5.41, 5.74) is 0. The predicted octanol–water partition coefficient (Wildman–Crippen LogP) is 2.17. The van der Waals surface area contributed by atoms with E-state index in [1.165, 1.54) is 0 Å². The standard InChI is InChI=1S/C4HF3S/c5-2-1-8-4(7)3(2)6/h1H. The van der Waals surface area contributed by atoms with Gasteiger partial charge in [0, 0.05) is 5.38 Å². The van der Waals surface area contributed by atoms with E-state index in [0.29, 0.717) is 11.3 Å². The molecule has 0 fully saturated rings. The molecule has 0 radical (unpaired) electrons. The summed E-state index contributed by atoms with van der Waals surface area (Å²) < 4.78 is 35.2. The Morgan fingerprint density at radius 2 is 1.88 bits per heavy atom. The maximum atomic E-state index is 11.8. The van der Waals surface area contributed by atoms with Gasteiger partial charge >= 0.3 is 0 Å². The summed E-state index contributed by atoms with van der Waals surface area (Å²) in [7, 11) is 0. The van der Waals surface area contributed by atoms with Crippen LogP contribution in [0.3, 0.4) is 0 Å². The van der Waals surface area contributed by atoms with Crippen molar-refractivity contribution in [2.24, 2.45) is 0 Å². The minimum Gasteiger partial charge on any atom is -0.203 e. The first-order chi connectivity index (χ1) is 3.72. The first kappa shape index (κ1) is 5.62. The minimum atomic E-state index is -1.38. The molecule has 0 saturated carbocycles. The molecule has 1 aromatic heterocycles. The van der Waals surface area contributed by atoms with Crippen molar-refractivity contribution < 1.29 is 13.2 Å². The molecule has 0 unspecified atom stereocenters. The fourth-order valence-corrected chi connectivity index (χ4v) is 0.812. The van der Waals surface area contributed by atoms with Gasteiger partial charge in [-0.2, -0.15) is 8.78 Å². The van der Waals surface area contributed by atoms with Crippen molar-refractivity contribution in [3.8, 4) is 0 Å². The Morgan fingerprint density at radius 1 is 1.25 bits per heavy atom. The van der Waals surface area contributed by atoms with E-state index >= 15 is 0 Å². The van der Waals surface area contributed by atoms with Gasteiger partial charge in [0.15, 0.2) is 5.82 Å². The molecule has 44 valence electrons. The highest BCUT2D eigenvalue weighted by Gasteiger charge is 2.08. The summed E-state index contributed by atoms with van der Waals surface area (Å²) in [4.78, 5) is 0. The van der Waals surface area contributed by atoms with Crippen LogP contribution in [0.25, 0.3) is 0 Å². The molecule has 0 aliphatic rings. The van der Waals surface area contributed by atoms with Crippen molar-refractivity contribution in [1.82, 2.24) is 0 Å². The third-order valence-electron chi connectivity index (χ3n) is 0.648. The van der Waals surface area contributed by atoms with E-state index in [4.69, 9.17) is 0 Å². The van der Waals surface area contributed by atoms with Crippen molar-refractivity contribution in [3.63, 3.8) is 0 Å². The molecule has 0 atom stereocenters. The Kier molecular flexibility index (Phi) is 1.25. The third kappa shape index (κ3) is 0.709. The molecular weight excluding hydrogens is 137 g/mol. The number of halogens is 3. The van der Waals surface area contributed by atoms with Crippen LogP contribution >= 0.6 is 11.3 Å². The van der Waals surface area contributed by atoms with E-state index < -0.39 is 16.8 Å². The maximum absolute atomic E-state index is 11.8. The van der Waals surface area contributed by atoms with E-state index in [2.05, 4.69) is 0 Å². The van der Waals surface area contributed by atoms with Gasteiger partial charge < -0.3 is 0 Å². The van der Waals surface area contributed by atoms with E-state index in [1.54, 1.807) is 0 Å². The largest absolute Gasteiger partial charge is 0.215 e. The molecule has 0 nitrogen and oxygen atoms in total. The molecule has 0 aliphatic heterocycles. The summed E-state index contributed by atoms with van der Waals surface area (Å²) in [5, 5.41) is -0.312. The molecule has 1 rings (SSSR count). The average Bonchev–Trinajstić information content (AvgIpc) is 1.98. The molecule has 0 amide bonds. The third-order valence-corrected chi connectivity index (χ3v) is 1.36. The van der Waals surface area contributed by atoms with Gasteiger partial charge in [-0.05, 0) is 0 Å². The Bertz CT molecular complexity index is 174. The zero-order chi connectivity index (χ0) is 6.15. The zero-order valence-corrected chi connectivity index (χ0v) is 4.44. The molecule has 0 aliphatic carbocycles. The molecule has 0 aromatic carbocycles. The van der Waals surface area contributed by atoms with Gasteiger partial charge in [-0.1, -0.05) is 0 Å². The van der Waals surface area contributed by atoms with E-state index in [-0.39, 0.29) is 0 Å². The summed E-state index contributed by atoms with van der Waals surface area (Å²) >= 11 is 0.414. The lowest BCUT2D eigenvalue weighted by atomic mass is 10.6. The van der Waals surface area contributed by atoms with E-state index in [1.807, 2.05) is 0 Å². The molecule has 1 aromatic rings.